The van der Waals surface area contributed by atoms with Crippen LogP contribution in [0.1, 0.15) is 49.1 Å². The molecule has 1 unspecified atom stereocenters. The Kier molecular flexibility index (Phi) is 5.61. The summed E-state index contributed by atoms with van der Waals surface area (Å²) in [6.07, 6.45) is 6.32. The first-order chi connectivity index (χ1) is 13.8. The fourth-order valence-electron chi connectivity index (χ4n) is 4.17. The molecular formula is C25H26O3. The standard InChI is InChI=1S/C25H26O3/c1-27-24-13-12-21(17-25(24)28-22-8-4-5-9-22)23(14-15-26)20-11-10-18-6-2-3-7-19(18)16-20/h2-3,6-7,10-13,15-17,22-23H,4-5,8-9,14H2,1H3. The van der Waals surface area contributed by atoms with Gasteiger partial charge in [0, 0.05) is 12.3 Å². The van der Waals surface area contributed by atoms with E-state index in [0.29, 0.717) is 6.42 Å². The molecule has 28 heavy (non-hydrogen) atoms. The number of aldehydes is 1. The number of rotatable bonds is 7. The van der Waals surface area contributed by atoms with Crippen LogP contribution in [0.3, 0.4) is 0 Å². The highest BCUT2D eigenvalue weighted by Gasteiger charge is 2.21. The maximum absolute atomic E-state index is 11.5. The summed E-state index contributed by atoms with van der Waals surface area (Å²) in [5.41, 5.74) is 2.22. The van der Waals surface area contributed by atoms with E-state index in [1.165, 1.54) is 23.6 Å². The Morgan fingerprint density at radius 3 is 2.39 bits per heavy atom. The molecule has 1 aliphatic rings. The fraction of sp³-hybridized carbons (Fsp3) is 0.320. The van der Waals surface area contributed by atoms with Crippen LogP contribution < -0.4 is 9.47 Å². The zero-order valence-electron chi connectivity index (χ0n) is 16.3. The zero-order chi connectivity index (χ0) is 19.3. The van der Waals surface area contributed by atoms with Gasteiger partial charge in [0.25, 0.3) is 0 Å². The molecule has 0 radical (unpaired) electrons. The summed E-state index contributed by atoms with van der Waals surface area (Å²) in [5, 5.41) is 2.39. The van der Waals surface area contributed by atoms with Gasteiger partial charge in [-0.25, -0.2) is 0 Å². The van der Waals surface area contributed by atoms with Crippen molar-refractivity contribution < 1.29 is 14.3 Å². The second kappa shape index (κ2) is 8.47. The molecule has 0 amide bonds. The minimum Gasteiger partial charge on any atom is -0.493 e. The molecule has 0 spiro atoms. The van der Waals surface area contributed by atoms with Crippen molar-refractivity contribution in [1.82, 2.24) is 0 Å². The lowest BCUT2D eigenvalue weighted by atomic mass is 9.87. The molecular weight excluding hydrogens is 348 g/mol. The van der Waals surface area contributed by atoms with Crippen molar-refractivity contribution in [3.63, 3.8) is 0 Å². The summed E-state index contributed by atoms with van der Waals surface area (Å²) in [5.74, 6) is 1.53. The number of ether oxygens (including phenoxy) is 2. The Morgan fingerprint density at radius 1 is 0.929 bits per heavy atom. The van der Waals surface area contributed by atoms with Crippen molar-refractivity contribution >= 4 is 17.1 Å². The largest absolute Gasteiger partial charge is 0.493 e. The summed E-state index contributed by atoms with van der Waals surface area (Å²) >= 11 is 0. The van der Waals surface area contributed by atoms with Crippen LogP contribution in [-0.4, -0.2) is 19.5 Å². The molecule has 144 valence electrons. The molecule has 4 rings (SSSR count). The molecule has 3 nitrogen and oxygen atoms in total. The van der Waals surface area contributed by atoms with Crippen LogP contribution in [-0.2, 0) is 4.79 Å². The van der Waals surface area contributed by atoms with Gasteiger partial charge in [-0.1, -0.05) is 48.5 Å². The van der Waals surface area contributed by atoms with Crippen molar-refractivity contribution in [3.8, 4) is 11.5 Å². The van der Waals surface area contributed by atoms with Gasteiger partial charge in [-0.05, 0) is 59.7 Å². The second-order valence-corrected chi connectivity index (χ2v) is 7.50. The number of benzene rings is 3. The lowest BCUT2D eigenvalue weighted by Crippen LogP contribution is -2.12. The van der Waals surface area contributed by atoms with Crippen molar-refractivity contribution in [2.45, 2.75) is 44.1 Å². The van der Waals surface area contributed by atoms with Crippen LogP contribution in [0.15, 0.2) is 60.7 Å². The molecule has 0 aliphatic heterocycles. The van der Waals surface area contributed by atoms with E-state index in [-0.39, 0.29) is 12.0 Å². The fourth-order valence-corrected chi connectivity index (χ4v) is 4.17. The molecule has 3 heteroatoms. The second-order valence-electron chi connectivity index (χ2n) is 7.50. The summed E-state index contributed by atoms with van der Waals surface area (Å²) in [4.78, 5) is 11.5. The predicted octanol–water partition coefficient (Wildman–Crippen LogP) is 5.89. The van der Waals surface area contributed by atoms with Gasteiger partial charge >= 0.3 is 0 Å². The number of fused-ring (bicyclic) bond motifs is 1. The van der Waals surface area contributed by atoms with E-state index in [2.05, 4.69) is 36.4 Å². The summed E-state index contributed by atoms with van der Waals surface area (Å²) in [6.45, 7) is 0. The highest BCUT2D eigenvalue weighted by Crippen LogP contribution is 2.37. The smallest absolute Gasteiger partial charge is 0.161 e. The average molecular weight is 374 g/mol. The minimum absolute atomic E-state index is 0.000981. The van der Waals surface area contributed by atoms with E-state index < -0.39 is 0 Å². The van der Waals surface area contributed by atoms with Crippen molar-refractivity contribution in [2.75, 3.05) is 7.11 Å². The van der Waals surface area contributed by atoms with Crippen LogP contribution in [0.5, 0.6) is 11.5 Å². The van der Waals surface area contributed by atoms with Crippen molar-refractivity contribution in [2.24, 2.45) is 0 Å². The third-order valence-electron chi connectivity index (χ3n) is 5.69. The normalized spacial score (nSPS) is 15.5. The molecule has 0 aromatic heterocycles. The number of hydrogen-bond acceptors (Lipinski definition) is 3. The van der Waals surface area contributed by atoms with E-state index in [0.717, 1.165) is 41.8 Å². The van der Waals surface area contributed by atoms with E-state index in [1.807, 2.05) is 24.3 Å². The highest BCUT2D eigenvalue weighted by atomic mass is 16.5. The molecule has 1 aliphatic carbocycles. The Morgan fingerprint density at radius 2 is 1.64 bits per heavy atom. The van der Waals surface area contributed by atoms with E-state index in [1.54, 1.807) is 7.11 Å². The first-order valence-corrected chi connectivity index (χ1v) is 10.1. The Balaban J connectivity index is 1.70. The van der Waals surface area contributed by atoms with Crippen LogP contribution >= 0.6 is 0 Å². The van der Waals surface area contributed by atoms with Gasteiger partial charge in [0.2, 0.25) is 0 Å². The zero-order valence-corrected chi connectivity index (χ0v) is 16.3. The molecule has 1 saturated carbocycles. The Labute approximate surface area is 166 Å². The summed E-state index contributed by atoms with van der Waals surface area (Å²) < 4.78 is 11.8. The molecule has 0 saturated heterocycles. The van der Waals surface area contributed by atoms with Crippen LogP contribution in [0.4, 0.5) is 0 Å². The highest BCUT2D eigenvalue weighted by molar-refractivity contribution is 5.83. The van der Waals surface area contributed by atoms with Gasteiger partial charge in [-0.2, -0.15) is 0 Å². The predicted molar refractivity (Wildman–Crippen MR) is 112 cm³/mol. The topological polar surface area (TPSA) is 35.5 Å². The van der Waals surface area contributed by atoms with E-state index in [9.17, 15) is 4.79 Å². The third kappa shape index (κ3) is 3.89. The van der Waals surface area contributed by atoms with E-state index >= 15 is 0 Å². The van der Waals surface area contributed by atoms with Crippen LogP contribution in [0.2, 0.25) is 0 Å². The number of hydrogen-bond donors (Lipinski definition) is 0. The third-order valence-corrected chi connectivity index (χ3v) is 5.69. The van der Waals surface area contributed by atoms with Crippen LogP contribution in [0.25, 0.3) is 10.8 Å². The summed E-state index contributed by atoms with van der Waals surface area (Å²) in [7, 11) is 1.67. The van der Waals surface area contributed by atoms with Crippen molar-refractivity contribution in [3.05, 3.63) is 71.8 Å². The first kappa shape index (κ1) is 18.5. The molecule has 0 heterocycles. The average Bonchev–Trinajstić information content (AvgIpc) is 3.25. The molecule has 1 atom stereocenters. The van der Waals surface area contributed by atoms with Gasteiger partial charge in [0.1, 0.15) is 6.29 Å². The first-order valence-electron chi connectivity index (χ1n) is 10.1. The minimum atomic E-state index is -0.000981. The number of carbonyl (C=O) groups is 1. The molecule has 3 aromatic carbocycles. The Bertz CT molecular complexity index is 957. The maximum atomic E-state index is 11.5. The van der Waals surface area contributed by atoms with Gasteiger partial charge in [0.05, 0.1) is 13.2 Å². The lowest BCUT2D eigenvalue weighted by molar-refractivity contribution is -0.108. The maximum Gasteiger partial charge on any atom is 0.161 e. The molecule has 3 aromatic rings. The van der Waals surface area contributed by atoms with Crippen LogP contribution in [0, 0.1) is 0 Å². The SMILES string of the molecule is COc1ccc(C(CC=O)c2ccc3ccccc3c2)cc1OC1CCCC1. The molecule has 1 fully saturated rings. The van der Waals surface area contributed by atoms with Crippen molar-refractivity contribution in [1.29, 1.82) is 0 Å². The lowest BCUT2D eigenvalue weighted by Gasteiger charge is -2.20. The Hall–Kier alpha value is -2.81. The number of methoxy groups -OCH3 is 1. The van der Waals surface area contributed by atoms with Gasteiger partial charge in [0.15, 0.2) is 11.5 Å². The number of carbonyl (C=O) groups excluding carboxylic acids is 1. The monoisotopic (exact) mass is 374 g/mol. The van der Waals surface area contributed by atoms with Gasteiger partial charge < -0.3 is 14.3 Å². The molecule has 0 N–H and O–H groups in total. The molecule has 0 bridgehead atoms. The van der Waals surface area contributed by atoms with E-state index in [4.69, 9.17) is 9.47 Å². The van der Waals surface area contributed by atoms with Gasteiger partial charge in [-0.15, -0.1) is 0 Å². The summed E-state index contributed by atoms with van der Waals surface area (Å²) in [6, 6.07) is 20.8. The van der Waals surface area contributed by atoms with Gasteiger partial charge in [-0.3, -0.25) is 0 Å². The quantitative estimate of drug-likeness (QED) is 0.484.